The number of halogens is 1. The lowest BCUT2D eigenvalue weighted by atomic mass is 9.93. The minimum Gasteiger partial charge on any atom is -0.481 e. The van der Waals surface area contributed by atoms with Crippen LogP contribution in [0.3, 0.4) is 0 Å². The molecule has 4 nitrogen and oxygen atoms in total. The summed E-state index contributed by atoms with van der Waals surface area (Å²) >= 11 is 5.69. The summed E-state index contributed by atoms with van der Waals surface area (Å²) in [5.41, 5.74) is 0.560. The molecule has 0 amide bonds. The molecule has 0 saturated carbocycles. The number of aliphatic carboxylic acids is 1. The molecule has 0 aliphatic heterocycles. The molecule has 88 valence electrons. The fourth-order valence-electron chi connectivity index (χ4n) is 1.42. The van der Waals surface area contributed by atoms with Gasteiger partial charge in [-0.1, -0.05) is 23.7 Å². The van der Waals surface area contributed by atoms with E-state index in [-0.39, 0.29) is 6.42 Å². The normalized spacial score (nSPS) is 14.4. The van der Waals surface area contributed by atoms with Crippen LogP contribution in [0.25, 0.3) is 0 Å². The number of hydrogen-bond acceptors (Lipinski definition) is 3. The number of aliphatic hydroxyl groups excluding tert-OH is 2. The summed E-state index contributed by atoms with van der Waals surface area (Å²) in [5, 5.41) is 27.5. The molecule has 1 rings (SSSR count). The van der Waals surface area contributed by atoms with Crippen molar-refractivity contribution in [1.29, 1.82) is 0 Å². The lowest BCUT2D eigenvalue weighted by molar-refractivity contribution is -0.139. The molecule has 2 unspecified atom stereocenters. The molecule has 0 heterocycles. The molecule has 0 spiro atoms. The van der Waals surface area contributed by atoms with Gasteiger partial charge >= 0.3 is 5.97 Å². The second kappa shape index (κ2) is 5.84. The molecule has 5 heteroatoms. The third-order valence-corrected chi connectivity index (χ3v) is 2.54. The van der Waals surface area contributed by atoms with E-state index in [0.717, 1.165) is 0 Å². The van der Waals surface area contributed by atoms with Crippen LogP contribution in [0.4, 0.5) is 0 Å². The highest BCUT2D eigenvalue weighted by atomic mass is 35.5. The van der Waals surface area contributed by atoms with Crippen LogP contribution in [0.2, 0.25) is 5.02 Å². The summed E-state index contributed by atoms with van der Waals surface area (Å²) in [6.45, 7) is -0.447. The fraction of sp³-hybridized carbons (Fsp3) is 0.364. The van der Waals surface area contributed by atoms with Crippen molar-refractivity contribution >= 4 is 17.6 Å². The predicted molar refractivity (Wildman–Crippen MR) is 59.5 cm³/mol. The van der Waals surface area contributed by atoms with Gasteiger partial charge in [0.1, 0.15) is 0 Å². The molecule has 0 saturated heterocycles. The van der Waals surface area contributed by atoms with Crippen molar-refractivity contribution in [2.75, 3.05) is 6.61 Å². The van der Waals surface area contributed by atoms with E-state index >= 15 is 0 Å². The Hall–Kier alpha value is -1.10. The Morgan fingerprint density at radius 2 is 1.88 bits per heavy atom. The molecule has 16 heavy (non-hydrogen) atoms. The van der Waals surface area contributed by atoms with Crippen molar-refractivity contribution in [2.24, 2.45) is 0 Å². The number of carbonyl (C=O) groups is 1. The molecule has 0 aromatic heterocycles. The van der Waals surface area contributed by atoms with Gasteiger partial charge in [0.2, 0.25) is 0 Å². The van der Waals surface area contributed by atoms with Crippen molar-refractivity contribution in [1.82, 2.24) is 0 Å². The topological polar surface area (TPSA) is 77.8 Å². The van der Waals surface area contributed by atoms with Crippen LogP contribution < -0.4 is 0 Å². The monoisotopic (exact) mass is 244 g/mol. The average Bonchev–Trinajstić information content (AvgIpc) is 2.26. The Kier molecular flexibility index (Phi) is 4.73. The van der Waals surface area contributed by atoms with Gasteiger partial charge in [-0.05, 0) is 24.1 Å². The molecule has 0 radical (unpaired) electrons. The number of carboxylic acid groups (broad SMARTS) is 1. The summed E-state index contributed by atoms with van der Waals surface area (Å²) in [6.07, 6.45) is -1.05. The highest BCUT2D eigenvalue weighted by Crippen LogP contribution is 2.23. The van der Waals surface area contributed by atoms with Gasteiger partial charge in [-0.3, -0.25) is 4.79 Å². The van der Waals surface area contributed by atoms with E-state index in [1.54, 1.807) is 24.3 Å². The van der Waals surface area contributed by atoms with E-state index in [9.17, 15) is 9.90 Å². The van der Waals surface area contributed by atoms with Crippen molar-refractivity contribution in [3.05, 3.63) is 34.9 Å². The van der Waals surface area contributed by atoms with Gasteiger partial charge < -0.3 is 15.3 Å². The Morgan fingerprint density at radius 3 is 2.31 bits per heavy atom. The fourth-order valence-corrected chi connectivity index (χ4v) is 1.55. The molecule has 1 aromatic rings. The lowest BCUT2D eigenvalue weighted by Gasteiger charge is -2.15. The Balaban J connectivity index is 2.85. The van der Waals surface area contributed by atoms with Crippen molar-refractivity contribution in [3.8, 4) is 0 Å². The highest BCUT2D eigenvalue weighted by Gasteiger charge is 2.22. The largest absolute Gasteiger partial charge is 0.481 e. The van der Waals surface area contributed by atoms with E-state index in [4.69, 9.17) is 21.8 Å². The van der Waals surface area contributed by atoms with Crippen LogP contribution in [0.15, 0.2) is 24.3 Å². The first-order valence-corrected chi connectivity index (χ1v) is 5.19. The maximum absolute atomic E-state index is 11.0. The Labute approximate surface area is 98.1 Å². The summed E-state index contributed by atoms with van der Waals surface area (Å²) in [6, 6.07) is 6.40. The van der Waals surface area contributed by atoms with Crippen molar-refractivity contribution < 1.29 is 20.1 Å². The first-order chi connectivity index (χ1) is 7.54. The van der Waals surface area contributed by atoms with E-state index in [2.05, 4.69) is 0 Å². The van der Waals surface area contributed by atoms with Crippen LogP contribution in [0.1, 0.15) is 17.9 Å². The number of aliphatic hydroxyl groups is 2. The summed E-state index contributed by atoms with van der Waals surface area (Å²) in [7, 11) is 0. The molecule has 1 aromatic carbocycles. The SMILES string of the molecule is O=C(O)C(CC(O)CO)c1ccc(Cl)cc1. The maximum atomic E-state index is 11.0. The molecular formula is C11H13ClO4. The molecule has 0 aliphatic carbocycles. The van der Waals surface area contributed by atoms with E-state index < -0.39 is 24.6 Å². The second-order valence-corrected chi connectivity index (χ2v) is 3.95. The van der Waals surface area contributed by atoms with Gasteiger partial charge in [-0.15, -0.1) is 0 Å². The number of carboxylic acids is 1. The highest BCUT2D eigenvalue weighted by molar-refractivity contribution is 6.30. The first kappa shape index (κ1) is 13.0. The molecular weight excluding hydrogens is 232 g/mol. The zero-order valence-corrected chi connectivity index (χ0v) is 9.26. The van der Waals surface area contributed by atoms with Crippen LogP contribution >= 0.6 is 11.6 Å². The Bertz CT molecular complexity index is 350. The maximum Gasteiger partial charge on any atom is 0.311 e. The molecule has 0 aliphatic rings. The third kappa shape index (κ3) is 3.48. The second-order valence-electron chi connectivity index (χ2n) is 3.51. The smallest absolute Gasteiger partial charge is 0.311 e. The summed E-state index contributed by atoms with van der Waals surface area (Å²) < 4.78 is 0. The van der Waals surface area contributed by atoms with Gasteiger partial charge in [0.05, 0.1) is 18.6 Å². The first-order valence-electron chi connectivity index (χ1n) is 4.81. The summed E-state index contributed by atoms with van der Waals surface area (Å²) in [4.78, 5) is 11.0. The van der Waals surface area contributed by atoms with Crippen LogP contribution in [0, 0.1) is 0 Å². The van der Waals surface area contributed by atoms with Gasteiger partial charge in [0.25, 0.3) is 0 Å². The number of rotatable bonds is 5. The third-order valence-electron chi connectivity index (χ3n) is 2.29. The van der Waals surface area contributed by atoms with E-state index in [0.29, 0.717) is 10.6 Å². The zero-order valence-electron chi connectivity index (χ0n) is 8.51. The van der Waals surface area contributed by atoms with Crippen LogP contribution in [0.5, 0.6) is 0 Å². The lowest BCUT2D eigenvalue weighted by Crippen LogP contribution is -2.21. The van der Waals surface area contributed by atoms with E-state index in [1.807, 2.05) is 0 Å². The minimum absolute atomic E-state index is 0.0204. The number of hydrogen-bond donors (Lipinski definition) is 3. The van der Waals surface area contributed by atoms with Crippen LogP contribution in [-0.2, 0) is 4.79 Å². The predicted octanol–water partition coefficient (Wildman–Crippen LogP) is 1.25. The summed E-state index contributed by atoms with van der Waals surface area (Å²) in [5.74, 6) is -1.87. The van der Waals surface area contributed by atoms with Crippen molar-refractivity contribution in [2.45, 2.75) is 18.4 Å². The molecule has 2 atom stereocenters. The molecule has 0 fully saturated rings. The molecule has 0 bridgehead atoms. The number of benzene rings is 1. The minimum atomic E-state index is -1.03. The van der Waals surface area contributed by atoms with Crippen molar-refractivity contribution in [3.63, 3.8) is 0 Å². The standard InChI is InChI=1S/C11H13ClO4/c12-8-3-1-7(2-4-8)10(11(15)16)5-9(14)6-13/h1-4,9-10,13-14H,5-6H2,(H,15,16). The van der Waals surface area contributed by atoms with Gasteiger partial charge in [-0.25, -0.2) is 0 Å². The molecule has 3 N–H and O–H groups in total. The van der Waals surface area contributed by atoms with Gasteiger partial charge in [0, 0.05) is 5.02 Å². The van der Waals surface area contributed by atoms with Gasteiger partial charge in [0.15, 0.2) is 0 Å². The average molecular weight is 245 g/mol. The zero-order chi connectivity index (χ0) is 12.1. The Morgan fingerprint density at radius 1 is 1.31 bits per heavy atom. The quantitative estimate of drug-likeness (QED) is 0.729. The van der Waals surface area contributed by atoms with Crippen LogP contribution in [-0.4, -0.2) is 34.0 Å². The van der Waals surface area contributed by atoms with E-state index in [1.165, 1.54) is 0 Å². The van der Waals surface area contributed by atoms with Gasteiger partial charge in [-0.2, -0.15) is 0 Å².